The van der Waals surface area contributed by atoms with Gasteiger partial charge < -0.3 is 14.5 Å². The number of benzene rings is 1. The van der Waals surface area contributed by atoms with Crippen molar-refractivity contribution in [1.82, 2.24) is 15.1 Å². The quantitative estimate of drug-likeness (QED) is 0.751. The first-order valence-electron chi connectivity index (χ1n) is 11.4. The predicted octanol–water partition coefficient (Wildman–Crippen LogP) is 2.43. The third-order valence-corrected chi connectivity index (χ3v) is 6.64. The van der Waals surface area contributed by atoms with Gasteiger partial charge in [0.05, 0.1) is 12.8 Å². The number of piperidine rings is 2. The molecule has 3 aliphatic rings. The number of imide groups is 1. The number of hydrogen-bond donors (Lipinski definition) is 1. The number of anilines is 1. The van der Waals surface area contributed by atoms with E-state index in [9.17, 15) is 18.8 Å². The number of carbonyl (C=O) groups is 3. The van der Waals surface area contributed by atoms with Crippen molar-refractivity contribution in [3.63, 3.8) is 0 Å². The fourth-order valence-electron chi connectivity index (χ4n) is 4.86. The molecule has 0 saturated carbocycles. The molecule has 3 aliphatic heterocycles. The summed E-state index contributed by atoms with van der Waals surface area (Å²) in [6.45, 7) is 3.96. The van der Waals surface area contributed by atoms with Crippen molar-refractivity contribution in [2.24, 2.45) is 5.92 Å². The van der Waals surface area contributed by atoms with Crippen molar-refractivity contribution in [2.45, 2.75) is 38.3 Å². The van der Waals surface area contributed by atoms with Crippen LogP contribution in [0.25, 0.3) is 0 Å². The minimum Gasteiger partial charge on any atom is -0.495 e. The van der Waals surface area contributed by atoms with Gasteiger partial charge in [0, 0.05) is 44.7 Å². The van der Waals surface area contributed by atoms with Crippen molar-refractivity contribution in [3.05, 3.63) is 23.8 Å². The third-order valence-electron chi connectivity index (χ3n) is 6.64. The summed E-state index contributed by atoms with van der Waals surface area (Å²) in [5.41, 5.74) is 0.962. The Hall–Kier alpha value is -2.68. The third kappa shape index (κ3) is 5.03. The first kappa shape index (κ1) is 22.5. The molecule has 0 radical (unpaired) electrons. The minimum atomic E-state index is -0.713. The van der Waals surface area contributed by atoms with Gasteiger partial charge >= 0.3 is 6.03 Å². The van der Waals surface area contributed by atoms with E-state index in [-0.39, 0.29) is 24.8 Å². The second-order valence-electron chi connectivity index (χ2n) is 8.88. The lowest BCUT2D eigenvalue weighted by Gasteiger charge is -2.37. The van der Waals surface area contributed by atoms with Crippen LogP contribution >= 0.6 is 0 Å². The largest absolute Gasteiger partial charge is 0.495 e. The van der Waals surface area contributed by atoms with Gasteiger partial charge in [-0.05, 0) is 56.3 Å². The van der Waals surface area contributed by atoms with Crippen LogP contribution in [0.15, 0.2) is 18.2 Å². The Morgan fingerprint density at radius 3 is 2.62 bits per heavy atom. The summed E-state index contributed by atoms with van der Waals surface area (Å²) in [6.07, 6.45) is 2.87. The number of methoxy groups -OCH3 is 1. The lowest BCUT2D eigenvalue weighted by atomic mass is 9.94. The van der Waals surface area contributed by atoms with E-state index >= 15 is 0 Å². The Kier molecular flexibility index (Phi) is 6.93. The van der Waals surface area contributed by atoms with Gasteiger partial charge in [0.15, 0.2) is 0 Å². The molecular weight excluding hydrogens is 415 g/mol. The Morgan fingerprint density at radius 2 is 1.94 bits per heavy atom. The molecule has 0 aromatic heterocycles. The Morgan fingerprint density at radius 1 is 1.16 bits per heavy atom. The van der Waals surface area contributed by atoms with Crippen LogP contribution in [0.1, 0.15) is 42.5 Å². The molecule has 0 bridgehead atoms. The molecule has 1 atom stereocenters. The van der Waals surface area contributed by atoms with E-state index in [0.29, 0.717) is 49.0 Å². The summed E-state index contributed by atoms with van der Waals surface area (Å²) < 4.78 is 19.0. The molecule has 0 aliphatic carbocycles. The van der Waals surface area contributed by atoms with Crippen molar-refractivity contribution < 1.29 is 23.5 Å². The summed E-state index contributed by atoms with van der Waals surface area (Å²) in [6, 6.07) is 4.54. The Bertz CT molecular complexity index is 872. The molecule has 4 rings (SSSR count). The molecule has 0 unspecified atom stereocenters. The maximum absolute atomic E-state index is 13.7. The van der Waals surface area contributed by atoms with E-state index in [4.69, 9.17) is 4.74 Å². The zero-order valence-corrected chi connectivity index (χ0v) is 18.5. The summed E-state index contributed by atoms with van der Waals surface area (Å²) in [5, 5.41) is 2.30. The summed E-state index contributed by atoms with van der Waals surface area (Å²) in [7, 11) is 1.51. The number of halogens is 1. The molecule has 4 amide bonds. The van der Waals surface area contributed by atoms with E-state index in [2.05, 4.69) is 10.2 Å². The number of hydrogen-bond acceptors (Lipinski definition) is 5. The standard InChI is InChI=1S/C23H31FN4O4/c1-32-20-5-4-17(13-19(20)28-12-8-21(29)25-23(28)31)22(30)27-10-6-16(7-11-27)14-26-9-2-3-18(24)15-26/h4-5,13,16,18H,2-3,6-12,14-15H2,1H3,(H,25,29,31)/t18-/m0/s1. The molecule has 174 valence electrons. The van der Waals surface area contributed by atoms with E-state index in [1.54, 1.807) is 18.2 Å². The van der Waals surface area contributed by atoms with E-state index in [0.717, 1.165) is 32.4 Å². The maximum atomic E-state index is 13.7. The van der Waals surface area contributed by atoms with Crippen LogP contribution in [0, 0.1) is 5.92 Å². The molecular formula is C23H31FN4O4. The number of amides is 4. The van der Waals surface area contributed by atoms with Gasteiger partial charge in [-0.3, -0.25) is 19.8 Å². The number of alkyl halides is 1. The smallest absolute Gasteiger partial charge is 0.328 e. The SMILES string of the molecule is COc1ccc(C(=O)N2CCC(CN3CCC[C@H](F)C3)CC2)cc1N1CCC(=O)NC1=O. The predicted molar refractivity (Wildman–Crippen MR) is 118 cm³/mol. The van der Waals surface area contributed by atoms with Crippen LogP contribution < -0.4 is 15.0 Å². The van der Waals surface area contributed by atoms with Gasteiger partial charge in [-0.25, -0.2) is 9.18 Å². The molecule has 3 heterocycles. The van der Waals surface area contributed by atoms with Gasteiger partial charge in [0.2, 0.25) is 5.91 Å². The summed E-state index contributed by atoms with van der Waals surface area (Å²) in [4.78, 5) is 42.4. The van der Waals surface area contributed by atoms with Crippen molar-refractivity contribution >= 4 is 23.5 Å². The lowest BCUT2D eigenvalue weighted by Crippen LogP contribution is -2.49. The number of nitrogens with zero attached hydrogens (tertiary/aromatic N) is 3. The van der Waals surface area contributed by atoms with Gasteiger partial charge in [-0.2, -0.15) is 0 Å². The number of urea groups is 1. The molecule has 8 nitrogen and oxygen atoms in total. The number of likely N-dealkylation sites (tertiary alicyclic amines) is 2. The summed E-state index contributed by atoms with van der Waals surface area (Å²) >= 11 is 0. The second-order valence-corrected chi connectivity index (χ2v) is 8.88. The number of nitrogens with one attached hydrogen (secondary N) is 1. The molecule has 1 aromatic carbocycles. The maximum Gasteiger partial charge on any atom is 0.328 e. The highest BCUT2D eigenvalue weighted by Gasteiger charge is 2.30. The summed E-state index contributed by atoms with van der Waals surface area (Å²) in [5.74, 6) is 0.553. The van der Waals surface area contributed by atoms with Crippen LogP contribution in [0.5, 0.6) is 5.75 Å². The molecule has 0 spiro atoms. The normalized spacial score (nSPS) is 23.2. The van der Waals surface area contributed by atoms with Gasteiger partial charge in [0.1, 0.15) is 11.9 Å². The minimum absolute atomic E-state index is 0.0809. The topological polar surface area (TPSA) is 82.2 Å². The number of ether oxygens (including phenoxy) is 1. The fraction of sp³-hybridized carbons (Fsp3) is 0.609. The number of rotatable bonds is 5. The zero-order valence-electron chi connectivity index (χ0n) is 18.5. The first-order chi connectivity index (χ1) is 15.4. The molecule has 3 saturated heterocycles. The first-order valence-corrected chi connectivity index (χ1v) is 11.4. The highest BCUT2D eigenvalue weighted by Crippen LogP contribution is 2.32. The van der Waals surface area contributed by atoms with Crippen molar-refractivity contribution in [3.8, 4) is 5.75 Å². The highest BCUT2D eigenvalue weighted by atomic mass is 19.1. The van der Waals surface area contributed by atoms with E-state index < -0.39 is 12.2 Å². The average Bonchev–Trinajstić information content (AvgIpc) is 2.79. The average molecular weight is 447 g/mol. The van der Waals surface area contributed by atoms with Crippen LogP contribution in [0.4, 0.5) is 14.9 Å². The van der Waals surface area contributed by atoms with Crippen LogP contribution in [0.3, 0.4) is 0 Å². The zero-order chi connectivity index (χ0) is 22.7. The second kappa shape index (κ2) is 9.85. The van der Waals surface area contributed by atoms with Crippen LogP contribution in [-0.2, 0) is 4.79 Å². The van der Waals surface area contributed by atoms with Crippen LogP contribution in [-0.4, -0.2) is 80.2 Å². The van der Waals surface area contributed by atoms with Crippen molar-refractivity contribution in [2.75, 3.05) is 51.3 Å². The van der Waals surface area contributed by atoms with E-state index in [1.165, 1.54) is 12.0 Å². The monoisotopic (exact) mass is 446 g/mol. The number of carbonyl (C=O) groups excluding carboxylic acids is 3. The highest BCUT2D eigenvalue weighted by molar-refractivity contribution is 6.07. The molecule has 1 aromatic rings. The Balaban J connectivity index is 1.39. The molecule has 9 heteroatoms. The van der Waals surface area contributed by atoms with Gasteiger partial charge in [-0.15, -0.1) is 0 Å². The van der Waals surface area contributed by atoms with Gasteiger partial charge in [-0.1, -0.05) is 0 Å². The fourth-order valence-corrected chi connectivity index (χ4v) is 4.86. The molecule has 32 heavy (non-hydrogen) atoms. The van der Waals surface area contributed by atoms with Crippen molar-refractivity contribution in [1.29, 1.82) is 0 Å². The molecule has 3 fully saturated rings. The Labute approximate surface area is 187 Å². The van der Waals surface area contributed by atoms with E-state index in [1.807, 2.05) is 4.90 Å². The van der Waals surface area contributed by atoms with Gasteiger partial charge in [0.25, 0.3) is 5.91 Å². The molecule has 1 N–H and O–H groups in total. The van der Waals surface area contributed by atoms with Crippen LogP contribution in [0.2, 0.25) is 0 Å². The lowest BCUT2D eigenvalue weighted by molar-refractivity contribution is -0.120.